The zero-order valence-electron chi connectivity index (χ0n) is 25.6. The average molecular weight is 599 g/mol. The lowest BCUT2D eigenvalue weighted by Crippen LogP contribution is -2.36. The van der Waals surface area contributed by atoms with Crippen molar-refractivity contribution < 1.29 is 42.8 Å². The number of methoxy groups -OCH3 is 2. The van der Waals surface area contributed by atoms with Crippen LogP contribution in [0.2, 0.25) is 0 Å². The van der Waals surface area contributed by atoms with E-state index in [-0.39, 0.29) is 49.7 Å². The average Bonchev–Trinajstić information content (AvgIpc) is 3.03. The first-order valence-electron chi connectivity index (χ1n) is 15.6. The molecule has 2 aliphatic carbocycles. The second-order valence-electron chi connectivity index (χ2n) is 11.6. The summed E-state index contributed by atoms with van der Waals surface area (Å²) < 4.78 is 34.4. The summed E-state index contributed by atoms with van der Waals surface area (Å²) in [6.45, 7) is 4.67. The van der Waals surface area contributed by atoms with Gasteiger partial charge in [0.1, 0.15) is 6.61 Å². The largest absolute Gasteiger partial charge is 0.493 e. The van der Waals surface area contributed by atoms with E-state index in [0.29, 0.717) is 60.0 Å². The number of Topliss-reactive ketones (excluding diaryl/α,β-unsaturated/α-hetero) is 1. The summed E-state index contributed by atoms with van der Waals surface area (Å²) in [6.07, 6.45) is 12.0. The molecule has 0 aromatic heterocycles. The van der Waals surface area contributed by atoms with E-state index < -0.39 is 5.97 Å². The summed E-state index contributed by atoms with van der Waals surface area (Å²) in [5, 5.41) is 0. The van der Waals surface area contributed by atoms with Crippen molar-refractivity contribution in [1.29, 1.82) is 0 Å². The van der Waals surface area contributed by atoms with Crippen LogP contribution in [-0.2, 0) is 28.5 Å². The lowest BCUT2D eigenvalue weighted by Gasteiger charge is -2.37. The summed E-state index contributed by atoms with van der Waals surface area (Å²) in [6, 6.07) is 3.42. The van der Waals surface area contributed by atoms with Crippen LogP contribution < -0.4 is 9.47 Å². The van der Waals surface area contributed by atoms with Crippen LogP contribution in [-0.4, -0.2) is 64.2 Å². The van der Waals surface area contributed by atoms with Crippen molar-refractivity contribution in [2.75, 3.05) is 34.0 Å². The molecule has 2 fully saturated rings. The van der Waals surface area contributed by atoms with Gasteiger partial charge in [0.05, 0.1) is 26.9 Å². The Labute approximate surface area is 254 Å². The van der Waals surface area contributed by atoms with E-state index in [2.05, 4.69) is 6.58 Å². The van der Waals surface area contributed by atoms with Gasteiger partial charge in [-0.15, -0.1) is 0 Å². The first kappa shape index (κ1) is 32.7. The molecular formula is C34H46O9. The summed E-state index contributed by atoms with van der Waals surface area (Å²) in [4.78, 5) is 38.7. The maximum Gasteiger partial charge on any atom is 0.334 e. The van der Waals surface area contributed by atoms with Gasteiger partial charge >= 0.3 is 11.9 Å². The highest BCUT2D eigenvalue weighted by molar-refractivity contribution is 6.02. The van der Waals surface area contributed by atoms with Gasteiger partial charge < -0.3 is 28.4 Å². The van der Waals surface area contributed by atoms with Crippen molar-refractivity contribution in [3.8, 4) is 11.5 Å². The van der Waals surface area contributed by atoms with Crippen LogP contribution in [0.4, 0.5) is 0 Å². The number of fused-ring (bicyclic) bond motifs is 3. The second kappa shape index (κ2) is 16.6. The molecule has 236 valence electrons. The Hall–Kier alpha value is -3.17. The van der Waals surface area contributed by atoms with Crippen LogP contribution in [0.25, 0.3) is 6.08 Å². The molecule has 1 aromatic carbocycles. The van der Waals surface area contributed by atoms with Crippen LogP contribution in [0.1, 0.15) is 93.0 Å². The number of carbonyl (C=O) groups excluding carboxylic acids is 3. The smallest absolute Gasteiger partial charge is 0.334 e. The van der Waals surface area contributed by atoms with Gasteiger partial charge in [0, 0.05) is 37.0 Å². The minimum Gasteiger partial charge on any atom is -0.493 e. The first-order chi connectivity index (χ1) is 20.9. The SMILES string of the molecule is C=CCOC(=O)C1=Cc2cc(OCCCC(=O)OC)c(OC)cc2C(=O)CCC2CCCC(C2)C(OC2CCCCO2)C1. The Kier molecular flexibility index (Phi) is 12.7. The van der Waals surface area contributed by atoms with Gasteiger partial charge in [0.25, 0.3) is 0 Å². The van der Waals surface area contributed by atoms with Gasteiger partial charge in [-0.05, 0) is 80.6 Å². The van der Waals surface area contributed by atoms with Crippen molar-refractivity contribution >= 4 is 23.8 Å². The molecule has 43 heavy (non-hydrogen) atoms. The zero-order chi connectivity index (χ0) is 30.6. The molecule has 1 aliphatic heterocycles. The Morgan fingerprint density at radius 3 is 2.67 bits per heavy atom. The lowest BCUT2D eigenvalue weighted by atomic mass is 9.75. The van der Waals surface area contributed by atoms with Crippen molar-refractivity contribution in [2.45, 2.75) is 89.4 Å². The van der Waals surface area contributed by atoms with E-state index in [0.717, 1.165) is 51.4 Å². The predicted octanol–water partition coefficient (Wildman–Crippen LogP) is 6.22. The molecule has 4 rings (SSSR count). The summed E-state index contributed by atoms with van der Waals surface area (Å²) in [5.74, 6) is 0.686. The normalized spacial score (nSPS) is 24.3. The number of ketones is 1. The number of esters is 2. The molecule has 1 saturated heterocycles. The Balaban J connectivity index is 1.73. The van der Waals surface area contributed by atoms with Gasteiger partial charge in [-0.25, -0.2) is 4.79 Å². The molecule has 4 atom stereocenters. The fourth-order valence-corrected chi connectivity index (χ4v) is 6.28. The van der Waals surface area contributed by atoms with Gasteiger partial charge in [-0.3, -0.25) is 9.59 Å². The summed E-state index contributed by atoms with van der Waals surface area (Å²) in [7, 11) is 2.87. The molecule has 0 radical (unpaired) electrons. The first-order valence-corrected chi connectivity index (χ1v) is 15.6. The molecule has 1 aromatic rings. The van der Waals surface area contributed by atoms with E-state index >= 15 is 0 Å². The quantitative estimate of drug-likeness (QED) is 0.167. The van der Waals surface area contributed by atoms with Gasteiger partial charge in [-0.1, -0.05) is 25.5 Å². The molecule has 1 heterocycles. The monoisotopic (exact) mass is 598 g/mol. The minimum atomic E-state index is -0.475. The number of rotatable bonds is 11. The number of hydrogen-bond donors (Lipinski definition) is 0. The number of carbonyl (C=O) groups is 3. The number of benzene rings is 1. The Bertz CT molecular complexity index is 1150. The van der Waals surface area contributed by atoms with Crippen molar-refractivity contribution in [2.24, 2.45) is 11.8 Å². The van der Waals surface area contributed by atoms with Crippen LogP contribution in [0, 0.1) is 11.8 Å². The molecule has 4 unspecified atom stereocenters. The second-order valence-corrected chi connectivity index (χ2v) is 11.6. The van der Waals surface area contributed by atoms with Crippen LogP contribution in [0.5, 0.6) is 11.5 Å². The van der Waals surface area contributed by atoms with Gasteiger partial charge in [0.2, 0.25) is 0 Å². The van der Waals surface area contributed by atoms with Crippen LogP contribution in [0.3, 0.4) is 0 Å². The van der Waals surface area contributed by atoms with E-state index in [4.69, 9.17) is 28.4 Å². The van der Waals surface area contributed by atoms with Gasteiger partial charge in [-0.2, -0.15) is 0 Å². The van der Waals surface area contributed by atoms with Gasteiger partial charge in [0.15, 0.2) is 23.6 Å². The maximum absolute atomic E-state index is 13.7. The third-order valence-electron chi connectivity index (χ3n) is 8.59. The van der Waals surface area contributed by atoms with E-state index in [1.807, 2.05) is 0 Å². The van der Waals surface area contributed by atoms with Crippen molar-refractivity contribution in [1.82, 2.24) is 0 Å². The molecular weight excluding hydrogens is 552 g/mol. The van der Waals surface area contributed by atoms with E-state index in [9.17, 15) is 14.4 Å². The van der Waals surface area contributed by atoms with E-state index in [1.165, 1.54) is 20.3 Å². The third kappa shape index (κ3) is 9.41. The summed E-state index contributed by atoms with van der Waals surface area (Å²) in [5.41, 5.74) is 1.44. The molecule has 9 heteroatoms. The zero-order valence-corrected chi connectivity index (χ0v) is 25.6. The maximum atomic E-state index is 13.7. The molecule has 0 amide bonds. The third-order valence-corrected chi connectivity index (χ3v) is 8.59. The fourth-order valence-electron chi connectivity index (χ4n) is 6.28. The highest BCUT2D eigenvalue weighted by atomic mass is 16.7. The molecule has 0 N–H and O–H groups in total. The Morgan fingerprint density at radius 2 is 1.93 bits per heavy atom. The fraction of sp³-hybridized carbons (Fsp3) is 0.618. The Morgan fingerprint density at radius 1 is 1.07 bits per heavy atom. The van der Waals surface area contributed by atoms with Crippen LogP contribution >= 0.6 is 0 Å². The highest BCUT2D eigenvalue weighted by Gasteiger charge is 2.34. The number of hydrogen-bond acceptors (Lipinski definition) is 9. The molecule has 2 bridgehead atoms. The number of ether oxygens (including phenoxy) is 6. The molecule has 3 aliphatic rings. The van der Waals surface area contributed by atoms with E-state index in [1.54, 1.807) is 18.2 Å². The highest BCUT2D eigenvalue weighted by Crippen LogP contribution is 2.40. The molecule has 1 saturated carbocycles. The van der Waals surface area contributed by atoms with Crippen LogP contribution in [0.15, 0.2) is 30.4 Å². The topological polar surface area (TPSA) is 107 Å². The molecule has 0 spiro atoms. The predicted molar refractivity (Wildman–Crippen MR) is 161 cm³/mol. The minimum absolute atomic E-state index is 0.00768. The van der Waals surface area contributed by atoms with Crippen molar-refractivity contribution in [3.05, 3.63) is 41.5 Å². The van der Waals surface area contributed by atoms with Crippen molar-refractivity contribution in [3.63, 3.8) is 0 Å². The molecule has 9 nitrogen and oxygen atoms in total. The standard InChI is InChI=1S/C34H46O9/c1-4-15-42-34(37)26-19-25-20-31(40-17-8-11-32(36)39-3)30(38-2)22-27(25)28(35)14-13-23-9-7-10-24(18-23)29(21-26)43-33-12-5-6-16-41-33/h4,19-20,22-24,29,33H,1,5-18,21H2,2-3H3. The lowest BCUT2D eigenvalue weighted by molar-refractivity contribution is -0.201. The summed E-state index contributed by atoms with van der Waals surface area (Å²) >= 11 is 0.